The number of likely N-dealkylation sites (N-methyl/N-ethyl adjacent to an activating group) is 1. The topological polar surface area (TPSA) is 70.7 Å². The van der Waals surface area contributed by atoms with Crippen LogP contribution in [0.5, 0.6) is 0 Å². The highest BCUT2D eigenvalue weighted by Crippen LogP contribution is 2.15. The number of benzene rings is 2. The zero-order valence-corrected chi connectivity index (χ0v) is 20.8. The number of aryl methyl sites for hydroxylation is 1. The molecule has 6 heteroatoms. The summed E-state index contributed by atoms with van der Waals surface area (Å²) in [6.07, 6.45) is 6.36. The van der Waals surface area contributed by atoms with Crippen molar-refractivity contribution in [3.63, 3.8) is 0 Å². The number of nitrogens with one attached hydrogen (secondary N) is 2. The van der Waals surface area contributed by atoms with Crippen LogP contribution in [0.1, 0.15) is 42.5 Å². The van der Waals surface area contributed by atoms with Crippen LogP contribution in [0, 0.1) is 19.3 Å². The van der Waals surface area contributed by atoms with Gasteiger partial charge >= 0.3 is 0 Å². The van der Waals surface area contributed by atoms with Crippen LogP contribution in [-0.2, 0) is 27.4 Å². The fourth-order valence-electron chi connectivity index (χ4n) is 3.42. The van der Waals surface area contributed by atoms with Crippen LogP contribution in [-0.4, -0.2) is 55.5 Å². The van der Waals surface area contributed by atoms with Crippen molar-refractivity contribution in [2.45, 2.75) is 45.8 Å². The highest BCUT2D eigenvalue weighted by atomic mass is 16.5. The average Bonchev–Trinajstić information content (AvgIpc) is 2.79. The SMILES string of the molecule is C#CCN(C)CCNC(=O)C(C)(C)NC(=O)CCOCc1ccc(Cc2ccccc2C)cc1. The van der Waals surface area contributed by atoms with Crippen LogP contribution in [0.15, 0.2) is 48.5 Å². The monoisotopic (exact) mass is 463 g/mol. The largest absolute Gasteiger partial charge is 0.376 e. The van der Waals surface area contributed by atoms with E-state index in [2.05, 4.69) is 72.0 Å². The van der Waals surface area contributed by atoms with Gasteiger partial charge in [-0.1, -0.05) is 54.5 Å². The fraction of sp³-hybridized carbons (Fsp3) is 0.429. The van der Waals surface area contributed by atoms with Gasteiger partial charge in [-0.3, -0.25) is 14.5 Å². The third kappa shape index (κ3) is 9.38. The van der Waals surface area contributed by atoms with Gasteiger partial charge < -0.3 is 15.4 Å². The summed E-state index contributed by atoms with van der Waals surface area (Å²) in [6.45, 7) is 7.84. The van der Waals surface area contributed by atoms with Gasteiger partial charge in [-0.25, -0.2) is 0 Å². The van der Waals surface area contributed by atoms with Crippen molar-refractivity contribution in [1.29, 1.82) is 0 Å². The number of carbonyl (C=O) groups excluding carboxylic acids is 2. The van der Waals surface area contributed by atoms with E-state index in [4.69, 9.17) is 11.2 Å². The van der Waals surface area contributed by atoms with E-state index in [1.54, 1.807) is 13.8 Å². The molecular weight excluding hydrogens is 426 g/mol. The highest BCUT2D eigenvalue weighted by Gasteiger charge is 2.28. The summed E-state index contributed by atoms with van der Waals surface area (Å²) >= 11 is 0. The van der Waals surface area contributed by atoms with E-state index in [0.29, 0.717) is 26.2 Å². The molecule has 0 aliphatic rings. The van der Waals surface area contributed by atoms with Gasteiger partial charge in [0.15, 0.2) is 0 Å². The Balaban J connectivity index is 1.68. The maximum absolute atomic E-state index is 12.4. The minimum atomic E-state index is -1.01. The van der Waals surface area contributed by atoms with E-state index in [0.717, 1.165) is 12.0 Å². The molecule has 0 aliphatic carbocycles. The average molecular weight is 464 g/mol. The summed E-state index contributed by atoms with van der Waals surface area (Å²) in [5.74, 6) is 2.10. The second-order valence-corrected chi connectivity index (χ2v) is 9.09. The summed E-state index contributed by atoms with van der Waals surface area (Å²) in [5, 5.41) is 5.61. The molecule has 0 aliphatic heterocycles. The molecule has 0 radical (unpaired) electrons. The van der Waals surface area contributed by atoms with Crippen molar-refractivity contribution in [1.82, 2.24) is 15.5 Å². The van der Waals surface area contributed by atoms with E-state index in [-0.39, 0.29) is 24.8 Å². The Morgan fingerprint density at radius 3 is 2.44 bits per heavy atom. The number of nitrogens with zero attached hydrogens (tertiary/aromatic N) is 1. The van der Waals surface area contributed by atoms with Crippen molar-refractivity contribution < 1.29 is 14.3 Å². The Morgan fingerprint density at radius 2 is 1.76 bits per heavy atom. The molecule has 0 saturated carbocycles. The molecule has 0 spiro atoms. The van der Waals surface area contributed by atoms with Gasteiger partial charge in [-0.2, -0.15) is 0 Å². The summed E-state index contributed by atoms with van der Waals surface area (Å²) in [7, 11) is 1.89. The summed E-state index contributed by atoms with van der Waals surface area (Å²) in [4.78, 5) is 26.6. The maximum atomic E-state index is 12.4. The normalized spacial score (nSPS) is 11.2. The predicted molar refractivity (Wildman–Crippen MR) is 136 cm³/mol. The molecule has 0 unspecified atom stereocenters. The summed E-state index contributed by atoms with van der Waals surface area (Å²) < 4.78 is 5.67. The Kier molecular flexibility index (Phi) is 10.8. The molecule has 182 valence electrons. The van der Waals surface area contributed by atoms with Crippen molar-refractivity contribution in [2.75, 3.05) is 33.3 Å². The molecule has 0 aromatic heterocycles. The quantitative estimate of drug-likeness (QED) is 0.354. The molecule has 2 rings (SSSR count). The molecule has 0 bridgehead atoms. The van der Waals surface area contributed by atoms with Gasteiger partial charge in [0, 0.05) is 13.1 Å². The number of amides is 2. The van der Waals surface area contributed by atoms with Crippen molar-refractivity contribution in [3.05, 3.63) is 70.8 Å². The van der Waals surface area contributed by atoms with E-state index >= 15 is 0 Å². The Hall–Kier alpha value is -3.14. The zero-order valence-electron chi connectivity index (χ0n) is 20.8. The molecule has 2 aromatic rings. The first kappa shape index (κ1) is 27.1. The molecule has 34 heavy (non-hydrogen) atoms. The number of carbonyl (C=O) groups is 2. The molecule has 2 N–H and O–H groups in total. The molecule has 0 saturated heterocycles. The number of rotatable bonds is 13. The Morgan fingerprint density at radius 1 is 1.09 bits per heavy atom. The van der Waals surface area contributed by atoms with Gasteiger partial charge in [0.05, 0.1) is 26.2 Å². The van der Waals surface area contributed by atoms with Crippen molar-refractivity contribution in [3.8, 4) is 12.3 Å². The molecule has 0 fully saturated rings. The van der Waals surface area contributed by atoms with Crippen LogP contribution in [0.4, 0.5) is 0 Å². The van der Waals surface area contributed by atoms with E-state index in [1.807, 2.05) is 11.9 Å². The molecule has 0 heterocycles. The standard InChI is InChI=1S/C28H37N3O3/c1-6-17-31(5)18-16-29-27(33)28(3,4)30-26(32)15-19-34-21-24-13-11-23(12-14-24)20-25-10-8-7-9-22(25)2/h1,7-14H,15-21H2,2-5H3,(H,29,33)(H,30,32). The summed E-state index contributed by atoms with van der Waals surface area (Å²) in [5.41, 5.74) is 3.92. The lowest BCUT2D eigenvalue weighted by molar-refractivity contribution is -0.132. The highest BCUT2D eigenvalue weighted by molar-refractivity contribution is 5.90. The van der Waals surface area contributed by atoms with E-state index in [9.17, 15) is 9.59 Å². The Labute approximate surface area is 204 Å². The van der Waals surface area contributed by atoms with Gasteiger partial charge in [0.25, 0.3) is 0 Å². The predicted octanol–water partition coefficient (Wildman–Crippen LogP) is 3.07. The third-order valence-electron chi connectivity index (χ3n) is 5.58. The van der Waals surface area contributed by atoms with Crippen LogP contribution >= 0.6 is 0 Å². The molecule has 2 aromatic carbocycles. The fourth-order valence-corrected chi connectivity index (χ4v) is 3.42. The van der Waals surface area contributed by atoms with Crippen LogP contribution in [0.2, 0.25) is 0 Å². The minimum absolute atomic E-state index is 0.187. The lowest BCUT2D eigenvalue weighted by atomic mass is 10.00. The van der Waals surface area contributed by atoms with Crippen LogP contribution in [0.25, 0.3) is 0 Å². The first-order valence-corrected chi connectivity index (χ1v) is 11.6. The van der Waals surface area contributed by atoms with Gasteiger partial charge in [-0.15, -0.1) is 6.42 Å². The summed E-state index contributed by atoms with van der Waals surface area (Å²) in [6, 6.07) is 16.7. The molecule has 2 amide bonds. The Bertz CT molecular complexity index is 977. The van der Waals surface area contributed by atoms with Gasteiger partial charge in [0.1, 0.15) is 5.54 Å². The lowest BCUT2D eigenvalue weighted by Gasteiger charge is -2.25. The van der Waals surface area contributed by atoms with Gasteiger partial charge in [-0.05, 0) is 56.5 Å². The number of hydrogen-bond acceptors (Lipinski definition) is 4. The van der Waals surface area contributed by atoms with E-state index in [1.165, 1.54) is 16.7 Å². The maximum Gasteiger partial charge on any atom is 0.245 e. The number of hydrogen-bond donors (Lipinski definition) is 2. The molecular formula is C28H37N3O3. The first-order valence-electron chi connectivity index (χ1n) is 11.6. The minimum Gasteiger partial charge on any atom is -0.376 e. The van der Waals surface area contributed by atoms with Gasteiger partial charge in [0.2, 0.25) is 11.8 Å². The number of ether oxygens (including phenoxy) is 1. The smallest absolute Gasteiger partial charge is 0.245 e. The first-order chi connectivity index (χ1) is 16.2. The molecule has 0 atom stereocenters. The molecule has 6 nitrogen and oxygen atoms in total. The van der Waals surface area contributed by atoms with E-state index < -0.39 is 5.54 Å². The van der Waals surface area contributed by atoms with Crippen LogP contribution in [0.3, 0.4) is 0 Å². The third-order valence-corrected chi connectivity index (χ3v) is 5.58. The van der Waals surface area contributed by atoms with Crippen molar-refractivity contribution >= 4 is 11.8 Å². The lowest BCUT2D eigenvalue weighted by Crippen LogP contribution is -2.55. The second-order valence-electron chi connectivity index (χ2n) is 9.09. The number of terminal acetylenes is 1. The zero-order chi connectivity index (χ0) is 25.0. The van der Waals surface area contributed by atoms with Crippen LogP contribution < -0.4 is 10.6 Å². The second kappa shape index (κ2) is 13.5. The van der Waals surface area contributed by atoms with Crippen molar-refractivity contribution in [2.24, 2.45) is 0 Å².